The Morgan fingerprint density at radius 2 is 0.907 bits per heavy atom. The van der Waals surface area contributed by atoms with Gasteiger partial charge in [-0.15, -0.1) is 0 Å². The second kappa shape index (κ2) is 24.3. The zero-order valence-electron chi connectivity index (χ0n) is 28.6. The van der Waals surface area contributed by atoms with Gasteiger partial charge in [-0.25, -0.2) is 0 Å². The summed E-state index contributed by atoms with van der Waals surface area (Å²) in [6, 6.07) is 0. The number of hydrogen-bond acceptors (Lipinski definition) is 5. The van der Waals surface area contributed by atoms with Crippen LogP contribution in [0.5, 0.6) is 0 Å². The molecular weight excluding hydrogens is 577 g/mol. The zero-order chi connectivity index (χ0) is 32.7. The van der Waals surface area contributed by atoms with Crippen molar-refractivity contribution in [1.29, 1.82) is 0 Å². The van der Waals surface area contributed by atoms with Crippen LogP contribution in [0.2, 0.25) is 0 Å². The minimum atomic E-state index is -1.13. The van der Waals surface area contributed by atoms with Crippen LogP contribution in [0, 0.1) is 22.7 Å². The van der Waals surface area contributed by atoms with Gasteiger partial charge < -0.3 is 14.9 Å². The standard InChI is InChI=1S/C36H66O5S2/c1-7-11-15-19-29(17-13-9-3)21-23-31(42)35(5,33(37)38)25-27-41-28-26-36(6,34(39)40)32(43)24-22-30(18-14-10-4)20-16-12-8-2/h29-30H,7-28H2,1-6H3,(H,37,38)(H,39,40). The summed E-state index contributed by atoms with van der Waals surface area (Å²) in [5, 5.41) is 20.2. The first kappa shape index (κ1) is 42.1. The van der Waals surface area contributed by atoms with Crippen molar-refractivity contribution < 1.29 is 24.5 Å². The van der Waals surface area contributed by atoms with Crippen molar-refractivity contribution in [3.63, 3.8) is 0 Å². The fraction of sp³-hybridized carbons (Fsp3) is 0.889. The Balaban J connectivity index is 5.00. The highest BCUT2D eigenvalue weighted by Gasteiger charge is 2.39. The molecule has 0 radical (unpaired) electrons. The van der Waals surface area contributed by atoms with E-state index >= 15 is 0 Å². The summed E-state index contributed by atoms with van der Waals surface area (Å²) >= 11 is 11.4. The predicted octanol–water partition coefficient (Wildman–Crippen LogP) is 11.0. The molecule has 4 unspecified atom stereocenters. The first-order valence-corrected chi connectivity index (χ1v) is 18.3. The number of thiocarbonyl (C=S) groups is 2. The van der Waals surface area contributed by atoms with Crippen molar-refractivity contribution in [2.75, 3.05) is 13.2 Å². The lowest BCUT2D eigenvalue weighted by molar-refractivity contribution is -0.144. The highest BCUT2D eigenvalue weighted by Crippen LogP contribution is 2.32. The molecule has 43 heavy (non-hydrogen) atoms. The van der Waals surface area contributed by atoms with Crippen LogP contribution < -0.4 is 0 Å². The van der Waals surface area contributed by atoms with Gasteiger partial charge in [0.05, 0.1) is 10.8 Å². The molecule has 252 valence electrons. The lowest BCUT2D eigenvalue weighted by atomic mass is 9.79. The van der Waals surface area contributed by atoms with Gasteiger partial charge in [0, 0.05) is 22.9 Å². The van der Waals surface area contributed by atoms with E-state index < -0.39 is 22.8 Å². The summed E-state index contributed by atoms with van der Waals surface area (Å²) in [5.74, 6) is -0.639. The van der Waals surface area contributed by atoms with Crippen molar-refractivity contribution in [2.24, 2.45) is 22.7 Å². The normalized spacial score (nSPS) is 15.8. The Morgan fingerprint density at radius 3 is 1.21 bits per heavy atom. The second-order valence-electron chi connectivity index (χ2n) is 13.3. The summed E-state index contributed by atoms with van der Waals surface area (Å²) in [5.41, 5.74) is -2.27. The molecule has 0 saturated carbocycles. The number of carboxylic acid groups (broad SMARTS) is 2. The van der Waals surface area contributed by atoms with Gasteiger partial charge in [-0.3, -0.25) is 9.59 Å². The first-order chi connectivity index (χ1) is 20.4. The van der Waals surface area contributed by atoms with Crippen molar-refractivity contribution >= 4 is 46.1 Å². The number of hydrogen-bond donors (Lipinski definition) is 2. The van der Waals surface area contributed by atoms with Gasteiger partial charge in [-0.1, -0.05) is 142 Å². The second-order valence-corrected chi connectivity index (χ2v) is 14.3. The summed E-state index contributed by atoms with van der Waals surface area (Å²) in [6.07, 6.45) is 20.5. The smallest absolute Gasteiger partial charge is 0.314 e. The maximum atomic E-state index is 12.3. The van der Waals surface area contributed by atoms with Gasteiger partial charge >= 0.3 is 11.9 Å². The third kappa shape index (κ3) is 16.8. The Labute approximate surface area is 275 Å². The van der Waals surface area contributed by atoms with Crippen LogP contribution in [-0.2, 0) is 14.3 Å². The quantitative estimate of drug-likeness (QED) is 0.0595. The Morgan fingerprint density at radius 1 is 0.581 bits per heavy atom. The van der Waals surface area contributed by atoms with E-state index in [-0.39, 0.29) is 26.1 Å². The summed E-state index contributed by atoms with van der Waals surface area (Å²) < 4.78 is 5.87. The van der Waals surface area contributed by atoms with E-state index in [0.717, 1.165) is 12.8 Å². The minimum absolute atomic E-state index is 0.220. The number of rotatable bonds is 30. The van der Waals surface area contributed by atoms with Gasteiger partial charge in [0.1, 0.15) is 0 Å². The summed E-state index contributed by atoms with van der Waals surface area (Å²) in [7, 11) is 0. The SMILES string of the molecule is CCCCCC(CCCC)CCC(=S)C(C)(CCOCCC(C)(C(=O)O)C(=S)CCC(CCCC)CCCCC)C(=O)O. The molecule has 5 nitrogen and oxygen atoms in total. The number of unbranched alkanes of at least 4 members (excludes halogenated alkanes) is 6. The summed E-state index contributed by atoms with van der Waals surface area (Å²) in [4.78, 5) is 25.8. The number of aliphatic carboxylic acids is 2. The fourth-order valence-electron chi connectivity index (χ4n) is 5.83. The fourth-order valence-corrected chi connectivity index (χ4v) is 6.44. The molecule has 0 aromatic carbocycles. The van der Waals surface area contributed by atoms with E-state index in [1.807, 2.05) is 0 Å². The molecule has 0 fully saturated rings. The molecule has 0 spiro atoms. The molecule has 0 aliphatic rings. The van der Waals surface area contributed by atoms with E-state index in [2.05, 4.69) is 27.7 Å². The van der Waals surface area contributed by atoms with Crippen molar-refractivity contribution in [2.45, 2.75) is 170 Å². The molecule has 0 rings (SSSR count). The highest BCUT2D eigenvalue weighted by molar-refractivity contribution is 7.80. The van der Waals surface area contributed by atoms with Crippen LogP contribution in [-0.4, -0.2) is 45.1 Å². The average Bonchev–Trinajstić information content (AvgIpc) is 2.98. The van der Waals surface area contributed by atoms with Crippen LogP contribution in [0.3, 0.4) is 0 Å². The molecule has 0 aliphatic heterocycles. The topological polar surface area (TPSA) is 83.8 Å². The molecule has 4 atom stereocenters. The average molecular weight is 643 g/mol. The number of carboxylic acids is 2. The molecular formula is C36H66O5S2. The summed E-state index contributed by atoms with van der Waals surface area (Å²) in [6.45, 7) is 12.7. The van der Waals surface area contributed by atoms with E-state index in [4.69, 9.17) is 29.2 Å². The molecule has 0 aliphatic carbocycles. The van der Waals surface area contributed by atoms with Crippen molar-refractivity contribution in [3.8, 4) is 0 Å². The highest BCUT2D eigenvalue weighted by atomic mass is 32.1. The van der Waals surface area contributed by atoms with E-state index in [0.29, 0.717) is 34.4 Å². The van der Waals surface area contributed by atoms with E-state index in [9.17, 15) is 19.8 Å². The Hall–Kier alpha value is -0.920. The third-order valence-electron chi connectivity index (χ3n) is 9.59. The lowest BCUT2D eigenvalue weighted by Crippen LogP contribution is -2.38. The van der Waals surface area contributed by atoms with Crippen molar-refractivity contribution in [1.82, 2.24) is 0 Å². The molecule has 0 aromatic heterocycles. The van der Waals surface area contributed by atoms with Crippen LogP contribution in [0.4, 0.5) is 0 Å². The Bertz CT molecular complexity index is 737. The van der Waals surface area contributed by atoms with Gasteiger partial charge in [-0.05, 0) is 64.2 Å². The molecule has 7 heteroatoms. The van der Waals surface area contributed by atoms with Crippen LogP contribution >= 0.6 is 24.4 Å². The van der Waals surface area contributed by atoms with Gasteiger partial charge in [-0.2, -0.15) is 0 Å². The maximum absolute atomic E-state index is 12.3. The van der Waals surface area contributed by atoms with E-state index in [1.54, 1.807) is 13.8 Å². The van der Waals surface area contributed by atoms with Crippen LogP contribution in [0.1, 0.15) is 170 Å². The van der Waals surface area contributed by atoms with Gasteiger partial charge in [0.25, 0.3) is 0 Å². The monoisotopic (exact) mass is 642 g/mol. The van der Waals surface area contributed by atoms with Crippen molar-refractivity contribution in [3.05, 3.63) is 0 Å². The molecule has 0 bridgehead atoms. The zero-order valence-corrected chi connectivity index (χ0v) is 30.3. The minimum Gasteiger partial charge on any atom is -0.481 e. The predicted molar refractivity (Wildman–Crippen MR) is 190 cm³/mol. The molecule has 0 heterocycles. The molecule has 0 amide bonds. The lowest BCUT2D eigenvalue weighted by Gasteiger charge is -2.29. The largest absolute Gasteiger partial charge is 0.481 e. The van der Waals surface area contributed by atoms with Gasteiger partial charge in [0.15, 0.2) is 0 Å². The Kier molecular flexibility index (Phi) is 23.8. The van der Waals surface area contributed by atoms with Crippen LogP contribution in [0.25, 0.3) is 0 Å². The van der Waals surface area contributed by atoms with E-state index in [1.165, 1.54) is 89.9 Å². The third-order valence-corrected chi connectivity index (χ3v) is 10.9. The van der Waals surface area contributed by atoms with Crippen LogP contribution in [0.15, 0.2) is 0 Å². The first-order valence-electron chi connectivity index (χ1n) is 17.5. The molecule has 0 saturated heterocycles. The molecule has 0 aromatic rings. The number of ether oxygens (including phenoxy) is 1. The maximum Gasteiger partial charge on any atom is 0.314 e. The van der Waals surface area contributed by atoms with Gasteiger partial charge in [0.2, 0.25) is 0 Å². The molecule has 2 N–H and O–H groups in total. The number of carbonyl (C=O) groups is 2.